The summed E-state index contributed by atoms with van der Waals surface area (Å²) >= 11 is 0. The van der Waals surface area contributed by atoms with Crippen molar-refractivity contribution < 1.29 is 18.7 Å². The third kappa shape index (κ3) is 6.22. The zero-order valence-corrected chi connectivity index (χ0v) is 15.4. The highest BCUT2D eigenvalue weighted by Crippen LogP contribution is 2.14. The van der Waals surface area contributed by atoms with E-state index in [1.807, 2.05) is 26.0 Å². The van der Waals surface area contributed by atoms with Gasteiger partial charge in [0.2, 0.25) is 5.91 Å². The van der Waals surface area contributed by atoms with E-state index >= 15 is 0 Å². The van der Waals surface area contributed by atoms with E-state index in [1.165, 1.54) is 31.3 Å². The van der Waals surface area contributed by atoms with E-state index in [2.05, 4.69) is 15.8 Å². The Kier molecular flexibility index (Phi) is 7.05. The van der Waals surface area contributed by atoms with Gasteiger partial charge in [-0.25, -0.2) is 9.82 Å². The van der Waals surface area contributed by atoms with Crippen LogP contribution in [0.3, 0.4) is 0 Å². The topological polar surface area (TPSA) is 79.8 Å². The first kappa shape index (κ1) is 20.1. The fraction of sp³-hybridized carbons (Fsp3) is 0.250. The molecule has 0 radical (unpaired) electrons. The molecule has 2 aromatic carbocycles. The summed E-state index contributed by atoms with van der Waals surface area (Å²) in [4.78, 5) is 24.1. The summed E-state index contributed by atoms with van der Waals surface area (Å²) in [7, 11) is 0. The Balaban J connectivity index is 1.91. The summed E-state index contributed by atoms with van der Waals surface area (Å²) in [6.07, 6.45) is 1.50. The van der Waals surface area contributed by atoms with Crippen molar-refractivity contribution in [2.24, 2.45) is 11.0 Å². The maximum absolute atomic E-state index is 13.6. The van der Waals surface area contributed by atoms with Gasteiger partial charge in [0.15, 0.2) is 0 Å². The highest BCUT2D eigenvalue weighted by Gasteiger charge is 2.22. The first-order chi connectivity index (χ1) is 12.9. The highest BCUT2D eigenvalue weighted by molar-refractivity contribution is 6.06. The largest absolute Gasteiger partial charge is 0.491 e. The number of hydrazone groups is 1. The molecule has 2 N–H and O–H groups in total. The van der Waals surface area contributed by atoms with Crippen molar-refractivity contribution in [3.8, 4) is 5.75 Å². The van der Waals surface area contributed by atoms with Crippen LogP contribution in [0.15, 0.2) is 53.6 Å². The number of amides is 2. The van der Waals surface area contributed by atoms with Crippen molar-refractivity contribution in [2.45, 2.75) is 26.9 Å². The number of hydrogen-bond donors (Lipinski definition) is 2. The predicted molar refractivity (Wildman–Crippen MR) is 102 cm³/mol. The number of benzene rings is 2. The lowest BCUT2D eigenvalue weighted by molar-refractivity contribution is -0.131. The van der Waals surface area contributed by atoms with Crippen LogP contribution in [-0.4, -0.2) is 24.1 Å². The summed E-state index contributed by atoms with van der Waals surface area (Å²) in [5, 5.41) is 6.24. The lowest BCUT2D eigenvalue weighted by atomic mass is 10.1. The average Bonchev–Trinajstić information content (AvgIpc) is 2.62. The highest BCUT2D eigenvalue weighted by atomic mass is 19.1. The summed E-state index contributed by atoms with van der Waals surface area (Å²) in [5.74, 6) is -2.15. The predicted octanol–water partition coefficient (Wildman–Crippen LogP) is 3.34. The maximum Gasteiger partial charge on any atom is 0.252 e. The Morgan fingerprint density at radius 3 is 2.52 bits per heavy atom. The minimum atomic E-state index is -1.04. The second kappa shape index (κ2) is 9.47. The molecular weight excluding hydrogens is 349 g/mol. The fourth-order valence-electron chi connectivity index (χ4n) is 2.13. The average molecular weight is 371 g/mol. The van der Waals surface area contributed by atoms with E-state index in [-0.39, 0.29) is 11.8 Å². The van der Waals surface area contributed by atoms with Crippen LogP contribution in [0.5, 0.6) is 5.75 Å². The molecule has 2 rings (SSSR count). The van der Waals surface area contributed by atoms with Gasteiger partial charge in [0.05, 0.1) is 18.0 Å². The van der Waals surface area contributed by atoms with Crippen LogP contribution in [0.2, 0.25) is 0 Å². The monoisotopic (exact) mass is 371 g/mol. The Bertz CT molecular complexity index is 837. The number of anilines is 1. The summed E-state index contributed by atoms with van der Waals surface area (Å²) < 4.78 is 19.2. The molecule has 2 amide bonds. The van der Waals surface area contributed by atoms with Crippen LogP contribution in [0.25, 0.3) is 0 Å². The van der Waals surface area contributed by atoms with Crippen molar-refractivity contribution in [3.05, 3.63) is 59.9 Å². The van der Waals surface area contributed by atoms with E-state index in [1.54, 1.807) is 18.2 Å². The molecule has 0 aliphatic carbocycles. The van der Waals surface area contributed by atoms with Crippen molar-refractivity contribution >= 4 is 23.7 Å². The van der Waals surface area contributed by atoms with Crippen molar-refractivity contribution in [3.63, 3.8) is 0 Å². The van der Waals surface area contributed by atoms with Gasteiger partial charge in [-0.2, -0.15) is 5.10 Å². The molecule has 6 nitrogen and oxygen atoms in total. The van der Waals surface area contributed by atoms with Crippen LogP contribution in [0, 0.1) is 11.7 Å². The van der Waals surface area contributed by atoms with Crippen LogP contribution in [0.1, 0.15) is 26.3 Å². The molecule has 27 heavy (non-hydrogen) atoms. The fourth-order valence-corrected chi connectivity index (χ4v) is 2.13. The van der Waals surface area contributed by atoms with Crippen molar-refractivity contribution in [2.75, 3.05) is 5.32 Å². The molecule has 0 aromatic heterocycles. The molecule has 0 saturated carbocycles. The van der Waals surface area contributed by atoms with Gasteiger partial charge in [0.1, 0.15) is 17.5 Å². The Labute approximate surface area is 157 Å². The molecular formula is C20H22FN3O3. The molecule has 0 aliphatic heterocycles. The number of nitrogens with zero attached hydrogens (tertiary/aromatic N) is 1. The molecule has 0 bridgehead atoms. The van der Waals surface area contributed by atoms with Gasteiger partial charge in [-0.15, -0.1) is 0 Å². The molecule has 7 heteroatoms. The normalized spacial score (nSPS) is 12.0. The lowest BCUT2D eigenvalue weighted by Gasteiger charge is -2.11. The summed E-state index contributed by atoms with van der Waals surface area (Å²) in [5.41, 5.74) is 3.06. The van der Waals surface area contributed by atoms with Gasteiger partial charge >= 0.3 is 0 Å². The minimum absolute atomic E-state index is 0.0209. The van der Waals surface area contributed by atoms with E-state index in [4.69, 9.17) is 4.74 Å². The van der Waals surface area contributed by atoms with Crippen molar-refractivity contribution in [1.82, 2.24) is 5.43 Å². The number of ether oxygens (including phenoxy) is 1. The third-order valence-corrected chi connectivity index (χ3v) is 3.54. The zero-order chi connectivity index (χ0) is 19.8. The lowest BCUT2D eigenvalue weighted by Crippen LogP contribution is -2.34. The van der Waals surface area contributed by atoms with Gasteiger partial charge in [-0.3, -0.25) is 9.59 Å². The molecule has 1 atom stereocenters. The number of carbonyl (C=O) groups is 2. The van der Waals surface area contributed by atoms with Gasteiger partial charge in [-0.1, -0.05) is 24.3 Å². The van der Waals surface area contributed by atoms with Crippen LogP contribution in [0.4, 0.5) is 10.1 Å². The molecule has 2 aromatic rings. The molecule has 0 saturated heterocycles. The standard InChI is InChI=1S/C20H22FN3O3/c1-13(2)27-16-8-6-7-15(11-16)12-22-24-20(26)14(3)19(25)23-18-10-5-4-9-17(18)21/h4-14H,1-3H3,(H,23,25)(H,24,26). The molecule has 0 aliphatic rings. The first-order valence-corrected chi connectivity index (χ1v) is 8.52. The van der Waals surface area contributed by atoms with Crippen LogP contribution in [-0.2, 0) is 9.59 Å². The first-order valence-electron chi connectivity index (χ1n) is 8.52. The minimum Gasteiger partial charge on any atom is -0.491 e. The molecule has 0 fully saturated rings. The summed E-state index contributed by atoms with van der Waals surface area (Å²) in [6.45, 7) is 5.27. The number of halogens is 1. The quantitative estimate of drug-likeness (QED) is 0.445. The molecule has 0 spiro atoms. The van der Waals surface area contributed by atoms with Crippen LogP contribution < -0.4 is 15.5 Å². The van der Waals surface area contributed by atoms with Gasteiger partial charge in [0, 0.05) is 0 Å². The van der Waals surface area contributed by atoms with Gasteiger partial charge in [-0.05, 0) is 50.6 Å². The van der Waals surface area contributed by atoms with Crippen LogP contribution >= 0.6 is 0 Å². The SMILES string of the molecule is CC(C)Oc1cccc(C=NNC(=O)C(C)C(=O)Nc2ccccc2F)c1. The van der Waals surface area contributed by atoms with Crippen molar-refractivity contribution in [1.29, 1.82) is 0 Å². The smallest absolute Gasteiger partial charge is 0.252 e. The third-order valence-electron chi connectivity index (χ3n) is 3.54. The number of carbonyl (C=O) groups excluding carboxylic acids is 2. The van der Waals surface area contributed by atoms with E-state index in [0.29, 0.717) is 5.75 Å². The van der Waals surface area contributed by atoms with E-state index in [9.17, 15) is 14.0 Å². The number of hydrogen-bond acceptors (Lipinski definition) is 4. The number of nitrogens with one attached hydrogen (secondary N) is 2. The Morgan fingerprint density at radius 2 is 1.81 bits per heavy atom. The van der Waals surface area contributed by atoms with Gasteiger partial charge < -0.3 is 10.1 Å². The number of rotatable bonds is 7. The molecule has 0 heterocycles. The van der Waals surface area contributed by atoms with E-state index in [0.717, 1.165) is 5.56 Å². The summed E-state index contributed by atoms with van der Waals surface area (Å²) in [6, 6.07) is 13.0. The second-order valence-corrected chi connectivity index (χ2v) is 6.16. The number of para-hydroxylation sites is 1. The zero-order valence-electron chi connectivity index (χ0n) is 15.4. The second-order valence-electron chi connectivity index (χ2n) is 6.16. The Morgan fingerprint density at radius 1 is 1.07 bits per heavy atom. The maximum atomic E-state index is 13.6. The van der Waals surface area contributed by atoms with E-state index < -0.39 is 23.5 Å². The Hall–Kier alpha value is -3.22. The van der Waals surface area contributed by atoms with Gasteiger partial charge in [0.25, 0.3) is 5.91 Å². The molecule has 1 unspecified atom stereocenters. The molecule has 142 valence electrons.